The third-order valence-electron chi connectivity index (χ3n) is 5.22. The second-order valence-corrected chi connectivity index (χ2v) is 7.22. The van der Waals surface area contributed by atoms with Gasteiger partial charge >= 0.3 is 0 Å². The minimum atomic E-state index is -0.135. The molecule has 0 atom stereocenters. The number of fused-ring (bicyclic) bond motifs is 1. The van der Waals surface area contributed by atoms with Gasteiger partial charge in [-0.3, -0.25) is 9.36 Å². The summed E-state index contributed by atoms with van der Waals surface area (Å²) in [5.74, 6) is 1.14. The van der Waals surface area contributed by atoms with E-state index in [0.29, 0.717) is 23.9 Å². The molecule has 3 aromatic heterocycles. The SMILES string of the molecule is O=c1ccc2cnc(Nc3ccc(N4CCNCC4)cc3)nc2n1Cc1ccco1. The highest BCUT2D eigenvalue weighted by atomic mass is 16.3. The molecule has 4 heterocycles. The van der Waals surface area contributed by atoms with E-state index in [4.69, 9.17) is 4.42 Å². The van der Waals surface area contributed by atoms with Crippen LogP contribution in [0.4, 0.5) is 17.3 Å². The van der Waals surface area contributed by atoms with Crippen molar-refractivity contribution in [1.29, 1.82) is 0 Å². The van der Waals surface area contributed by atoms with Crippen molar-refractivity contribution in [3.63, 3.8) is 0 Å². The molecule has 0 amide bonds. The van der Waals surface area contributed by atoms with E-state index in [1.807, 2.05) is 18.2 Å². The minimum Gasteiger partial charge on any atom is -0.467 e. The van der Waals surface area contributed by atoms with Crippen molar-refractivity contribution in [3.8, 4) is 0 Å². The van der Waals surface area contributed by atoms with E-state index in [0.717, 1.165) is 37.3 Å². The lowest BCUT2D eigenvalue weighted by Gasteiger charge is -2.29. The van der Waals surface area contributed by atoms with Crippen LogP contribution >= 0.6 is 0 Å². The van der Waals surface area contributed by atoms with E-state index in [-0.39, 0.29) is 5.56 Å². The van der Waals surface area contributed by atoms with Crippen molar-refractivity contribution in [2.24, 2.45) is 0 Å². The van der Waals surface area contributed by atoms with Crippen LogP contribution in [0.5, 0.6) is 0 Å². The summed E-state index contributed by atoms with van der Waals surface area (Å²) >= 11 is 0. The molecule has 0 aliphatic carbocycles. The molecule has 2 N–H and O–H groups in total. The fourth-order valence-corrected chi connectivity index (χ4v) is 3.65. The Hall–Kier alpha value is -3.65. The zero-order chi connectivity index (χ0) is 20.3. The fourth-order valence-electron chi connectivity index (χ4n) is 3.65. The average molecular weight is 402 g/mol. The van der Waals surface area contributed by atoms with Gasteiger partial charge in [-0.15, -0.1) is 0 Å². The van der Waals surface area contributed by atoms with E-state index < -0.39 is 0 Å². The van der Waals surface area contributed by atoms with Gasteiger partial charge in [-0.25, -0.2) is 4.98 Å². The smallest absolute Gasteiger partial charge is 0.252 e. The number of furan rings is 1. The normalized spacial score (nSPS) is 14.2. The summed E-state index contributed by atoms with van der Waals surface area (Å²) in [5.41, 5.74) is 2.52. The second-order valence-electron chi connectivity index (χ2n) is 7.22. The van der Waals surface area contributed by atoms with E-state index >= 15 is 0 Å². The topological polar surface area (TPSA) is 88.2 Å². The Labute approximate surface area is 173 Å². The quantitative estimate of drug-likeness (QED) is 0.530. The summed E-state index contributed by atoms with van der Waals surface area (Å²) in [5, 5.41) is 7.40. The van der Waals surface area contributed by atoms with Gasteiger partial charge in [0.1, 0.15) is 11.4 Å². The number of rotatable bonds is 5. The molecule has 152 valence electrons. The predicted molar refractivity (Wildman–Crippen MR) is 116 cm³/mol. The number of nitrogens with zero attached hydrogens (tertiary/aromatic N) is 4. The largest absolute Gasteiger partial charge is 0.467 e. The van der Waals surface area contributed by atoms with Crippen molar-refractivity contribution >= 4 is 28.4 Å². The summed E-state index contributed by atoms with van der Waals surface area (Å²) in [6, 6.07) is 15.1. The number of hydrogen-bond acceptors (Lipinski definition) is 7. The predicted octanol–water partition coefficient (Wildman–Crippen LogP) is 2.59. The van der Waals surface area contributed by atoms with Crippen LogP contribution in [0.3, 0.4) is 0 Å². The Morgan fingerprint density at radius 1 is 1.07 bits per heavy atom. The van der Waals surface area contributed by atoms with Crippen LogP contribution in [0, 0.1) is 0 Å². The van der Waals surface area contributed by atoms with Gasteiger partial charge in [-0.1, -0.05) is 0 Å². The minimum absolute atomic E-state index is 0.135. The van der Waals surface area contributed by atoms with Crippen LogP contribution in [0.15, 0.2) is 70.2 Å². The first kappa shape index (κ1) is 18.4. The van der Waals surface area contributed by atoms with Gasteiger partial charge in [0, 0.05) is 55.2 Å². The van der Waals surface area contributed by atoms with Crippen LogP contribution in [-0.4, -0.2) is 40.7 Å². The Morgan fingerprint density at radius 2 is 1.90 bits per heavy atom. The maximum atomic E-state index is 12.4. The molecular weight excluding hydrogens is 380 g/mol. The molecule has 1 aliphatic heterocycles. The molecule has 0 spiro atoms. The lowest BCUT2D eigenvalue weighted by molar-refractivity contribution is 0.493. The highest BCUT2D eigenvalue weighted by Gasteiger charge is 2.11. The van der Waals surface area contributed by atoms with Crippen LogP contribution in [0.2, 0.25) is 0 Å². The molecule has 8 heteroatoms. The zero-order valence-electron chi connectivity index (χ0n) is 16.4. The molecule has 4 aromatic rings. The molecule has 30 heavy (non-hydrogen) atoms. The molecule has 1 aliphatic rings. The number of pyridine rings is 1. The van der Waals surface area contributed by atoms with Crippen LogP contribution < -0.4 is 21.1 Å². The van der Waals surface area contributed by atoms with Crippen molar-refractivity contribution < 1.29 is 4.42 Å². The zero-order valence-corrected chi connectivity index (χ0v) is 16.4. The highest BCUT2D eigenvalue weighted by Crippen LogP contribution is 2.21. The molecule has 0 radical (unpaired) electrons. The van der Waals surface area contributed by atoms with E-state index in [1.165, 1.54) is 11.8 Å². The van der Waals surface area contributed by atoms with E-state index in [2.05, 4.69) is 37.6 Å². The number of hydrogen-bond donors (Lipinski definition) is 2. The number of aromatic nitrogens is 3. The van der Waals surface area contributed by atoms with Gasteiger partial charge in [-0.05, 0) is 42.5 Å². The lowest BCUT2D eigenvalue weighted by Crippen LogP contribution is -2.43. The summed E-state index contributed by atoms with van der Waals surface area (Å²) in [4.78, 5) is 23.8. The molecule has 0 saturated carbocycles. The molecule has 1 aromatic carbocycles. The molecule has 8 nitrogen and oxygen atoms in total. The Kier molecular flexibility index (Phi) is 4.90. The van der Waals surface area contributed by atoms with Gasteiger partial charge in [0.25, 0.3) is 5.56 Å². The van der Waals surface area contributed by atoms with Crippen LogP contribution in [0.25, 0.3) is 11.0 Å². The maximum Gasteiger partial charge on any atom is 0.252 e. The molecule has 1 saturated heterocycles. The summed E-state index contributed by atoms with van der Waals surface area (Å²) < 4.78 is 6.99. The molecule has 0 unspecified atom stereocenters. The monoisotopic (exact) mass is 402 g/mol. The molecule has 5 rings (SSSR count). The third kappa shape index (κ3) is 3.77. The number of benzene rings is 1. The molecule has 1 fully saturated rings. The highest BCUT2D eigenvalue weighted by molar-refractivity contribution is 5.75. The summed E-state index contributed by atoms with van der Waals surface area (Å²) in [7, 11) is 0. The second kappa shape index (κ2) is 8.00. The first-order chi connectivity index (χ1) is 14.8. The summed E-state index contributed by atoms with van der Waals surface area (Å²) in [6.45, 7) is 4.34. The number of anilines is 3. The lowest BCUT2D eigenvalue weighted by atomic mass is 10.2. The van der Waals surface area contributed by atoms with E-state index in [9.17, 15) is 4.79 Å². The Bertz CT molecular complexity index is 1190. The van der Waals surface area contributed by atoms with Gasteiger partial charge in [0.2, 0.25) is 5.95 Å². The van der Waals surface area contributed by atoms with Crippen molar-refractivity contribution in [2.45, 2.75) is 6.54 Å². The van der Waals surface area contributed by atoms with Gasteiger partial charge < -0.3 is 20.0 Å². The summed E-state index contributed by atoms with van der Waals surface area (Å²) in [6.07, 6.45) is 3.31. The number of piperazine rings is 1. The first-order valence-electron chi connectivity index (χ1n) is 9.98. The standard InChI is InChI=1S/C22H22N6O2/c29-20-8-3-16-14-24-22(26-21(16)28(20)15-19-2-1-13-30-19)25-17-4-6-18(7-5-17)27-11-9-23-10-12-27/h1-8,13-14,23H,9-12,15H2,(H,24,25,26). The third-order valence-corrected chi connectivity index (χ3v) is 5.22. The van der Waals surface area contributed by atoms with Crippen LogP contribution in [-0.2, 0) is 6.54 Å². The van der Waals surface area contributed by atoms with Crippen molar-refractivity contribution in [2.75, 3.05) is 36.4 Å². The fraction of sp³-hybridized carbons (Fsp3) is 0.227. The van der Waals surface area contributed by atoms with Crippen molar-refractivity contribution in [3.05, 3.63) is 77.1 Å². The van der Waals surface area contributed by atoms with Gasteiger partial charge in [0.05, 0.1) is 12.8 Å². The Morgan fingerprint density at radius 3 is 2.67 bits per heavy atom. The van der Waals surface area contributed by atoms with Gasteiger partial charge in [0.15, 0.2) is 0 Å². The van der Waals surface area contributed by atoms with Gasteiger partial charge in [-0.2, -0.15) is 4.98 Å². The maximum absolute atomic E-state index is 12.4. The first-order valence-corrected chi connectivity index (χ1v) is 9.98. The van der Waals surface area contributed by atoms with Crippen molar-refractivity contribution in [1.82, 2.24) is 19.9 Å². The Balaban J connectivity index is 1.41. The van der Waals surface area contributed by atoms with E-state index in [1.54, 1.807) is 29.2 Å². The molecule has 0 bridgehead atoms. The molecular formula is C22H22N6O2. The van der Waals surface area contributed by atoms with Crippen LogP contribution in [0.1, 0.15) is 5.76 Å². The average Bonchev–Trinajstić information content (AvgIpc) is 3.30. The number of nitrogens with one attached hydrogen (secondary N) is 2.